The third-order valence-electron chi connectivity index (χ3n) is 2.45. The molecular formula is C10H20N4O. The number of ether oxygens (including phenoxy) is 1. The van der Waals surface area contributed by atoms with Gasteiger partial charge in [-0.05, 0) is 26.8 Å². The van der Waals surface area contributed by atoms with Gasteiger partial charge >= 0.3 is 0 Å². The number of aromatic nitrogens is 3. The molecule has 0 aromatic carbocycles. The second-order valence-electron chi connectivity index (χ2n) is 4.13. The monoisotopic (exact) mass is 212 g/mol. The summed E-state index contributed by atoms with van der Waals surface area (Å²) in [6.07, 6.45) is 4.55. The molecule has 1 N–H and O–H groups in total. The van der Waals surface area contributed by atoms with Crippen LogP contribution in [0.2, 0.25) is 0 Å². The summed E-state index contributed by atoms with van der Waals surface area (Å²) in [5, 5.41) is 11.0. The maximum Gasteiger partial charge on any atom is 0.0692 e. The zero-order chi connectivity index (χ0) is 11.1. The topological polar surface area (TPSA) is 52.0 Å². The summed E-state index contributed by atoms with van der Waals surface area (Å²) in [7, 11) is 1.75. The number of nitrogens with zero attached hydrogens (tertiary/aromatic N) is 3. The molecule has 0 amide bonds. The first-order valence-electron chi connectivity index (χ1n) is 5.24. The van der Waals surface area contributed by atoms with Gasteiger partial charge in [0.25, 0.3) is 0 Å². The average Bonchev–Trinajstić information content (AvgIpc) is 2.70. The lowest BCUT2D eigenvalue weighted by Gasteiger charge is -2.22. The molecule has 0 aliphatic heterocycles. The quantitative estimate of drug-likeness (QED) is 0.675. The molecule has 5 heteroatoms. The van der Waals surface area contributed by atoms with Gasteiger partial charge in [-0.2, -0.15) is 0 Å². The lowest BCUT2D eigenvalue weighted by atomic mass is 10.1. The smallest absolute Gasteiger partial charge is 0.0692 e. The Morgan fingerprint density at radius 3 is 2.80 bits per heavy atom. The van der Waals surface area contributed by atoms with Crippen LogP contribution in [0.15, 0.2) is 12.4 Å². The van der Waals surface area contributed by atoms with Crippen molar-refractivity contribution >= 4 is 0 Å². The molecule has 1 rings (SSSR count). The SMILES string of the molecule is COC(C)(C)CCNCCn1ccnn1. The molecule has 5 nitrogen and oxygen atoms in total. The zero-order valence-electron chi connectivity index (χ0n) is 9.73. The maximum atomic E-state index is 5.32. The Kier molecular flexibility index (Phi) is 4.71. The molecule has 0 spiro atoms. The molecule has 0 fully saturated rings. The van der Waals surface area contributed by atoms with Gasteiger partial charge in [0.05, 0.1) is 18.3 Å². The van der Waals surface area contributed by atoms with Crippen LogP contribution in [0.25, 0.3) is 0 Å². The summed E-state index contributed by atoms with van der Waals surface area (Å²) >= 11 is 0. The van der Waals surface area contributed by atoms with Crippen LogP contribution in [-0.2, 0) is 11.3 Å². The van der Waals surface area contributed by atoms with Gasteiger partial charge in [-0.3, -0.25) is 4.68 Å². The molecule has 1 heterocycles. The van der Waals surface area contributed by atoms with E-state index in [9.17, 15) is 0 Å². The highest BCUT2D eigenvalue weighted by molar-refractivity contribution is 4.69. The second-order valence-corrected chi connectivity index (χ2v) is 4.13. The van der Waals surface area contributed by atoms with Crippen molar-refractivity contribution in [3.8, 4) is 0 Å². The molecule has 0 bridgehead atoms. The summed E-state index contributed by atoms with van der Waals surface area (Å²) in [4.78, 5) is 0. The van der Waals surface area contributed by atoms with Gasteiger partial charge in [-0.15, -0.1) is 5.10 Å². The Labute approximate surface area is 90.8 Å². The summed E-state index contributed by atoms with van der Waals surface area (Å²) in [5.41, 5.74) is -0.0414. The van der Waals surface area contributed by atoms with Crippen LogP contribution in [0, 0.1) is 0 Å². The van der Waals surface area contributed by atoms with E-state index in [2.05, 4.69) is 29.5 Å². The van der Waals surface area contributed by atoms with E-state index in [1.807, 2.05) is 10.9 Å². The van der Waals surface area contributed by atoms with Gasteiger partial charge < -0.3 is 10.1 Å². The van der Waals surface area contributed by atoms with Gasteiger partial charge in [0.1, 0.15) is 0 Å². The number of rotatable bonds is 7. The molecule has 15 heavy (non-hydrogen) atoms. The minimum atomic E-state index is -0.0414. The average molecular weight is 212 g/mol. The third kappa shape index (κ3) is 4.90. The second kappa shape index (κ2) is 5.82. The summed E-state index contributed by atoms with van der Waals surface area (Å²) in [6.45, 7) is 6.89. The maximum absolute atomic E-state index is 5.32. The Morgan fingerprint density at radius 1 is 1.40 bits per heavy atom. The van der Waals surface area contributed by atoms with Crippen LogP contribution < -0.4 is 5.32 Å². The molecule has 0 unspecified atom stereocenters. The van der Waals surface area contributed by atoms with E-state index in [-0.39, 0.29) is 5.60 Å². The molecule has 0 aliphatic carbocycles. The lowest BCUT2D eigenvalue weighted by molar-refractivity contribution is 0.0159. The van der Waals surface area contributed by atoms with E-state index in [4.69, 9.17) is 4.74 Å². The van der Waals surface area contributed by atoms with Crippen LogP contribution in [0.5, 0.6) is 0 Å². The van der Waals surface area contributed by atoms with E-state index in [1.54, 1.807) is 13.3 Å². The number of methoxy groups -OCH3 is 1. The first-order valence-corrected chi connectivity index (χ1v) is 5.24. The van der Waals surface area contributed by atoms with Gasteiger partial charge in [0.15, 0.2) is 0 Å². The van der Waals surface area contributed by atoms with Crippen LogP contribution >= 0.6 is 0 Å². The number of hydrogen-bond donors (Lipinski definition) is 1. The van der Waals surface area contributed by atoms with Crippen LogP contribution in [0.4, 0.5) is 0 Å². The van der Waals surface area contributed by atoms with E-state index >= 15 is 0 Å². The van der Waals surface area contributed by atoms with E-state index in [0.29, 0.717) is 0 Å². The van der Waals surface area contributed by atoms with Gasteiger partial charge in [-0.25, -0.2) is 0 Å². The van der Waals surface area contributed by atoms with E-state index in [0.717, 1.165) is 26.1 Å². The molecule has 1 aromatic rings. The van der Waals surface area contributed by atoms with Crippen molar-refractivity contribution in [2.24, 2.45) is 0 Å². The summed E-state index contributed by atoms with van der Waals surface area (Å²) in [6, 6.07) is 0. The fourth-order valence-corrected chi connectivity index (χ4v) is 1.16. The minimum Gasteiger partial charge on any atom is -0.379 e. The van der Waals surface area contributed by atoms with Crippen molar-refractivity contribution in [3.05, 3.63) is 12.4 Å². The van der Waals surface area contributed by atoms with Crippen molar-refractivity contribution in [3.63, 3.8) is 0 Å². The predicted molar refractivity (Wildman–Crippen MR) is 58.6 cm³/mol. The highest BCUT2D eigenvalue weighted by Gasteiger charge is 2.14. The Balaban J connectivity index is 2.03. The summed E-state index contributed by atoms with van der Waals surface area (Å²) < 4.78 is 7.14. The Hall–Kier alpha value is -0.940. The van der Waals surface area contributed by atoms with Crippen molar-refractivity contribution in [1.29, 1.82) is 0 Å². The van der Waals surface area contributed by atoms with Crippen molar-refractivity contribution in [1.82, 2.24) is 20.3 Å². The standard InChI is InChI=1S/C10H20N4O/c1-10(2,15-3)4-5-11-6-8-14-9-7-12-13-14/h7,9,11H,4-6,8H2,1-3H3. The fraction of sp³-hybridized carbons (Fsp3) is 0.800. The normalized spacial score (nSPS) is 11.9. The largest absolute Gasteiger partial charge is 0.379 e. The highest BCUT2D eigenvalue weighted by atomic mass is 16.5. The van der Waals surface area contributed by atoms with Gasteiger partial charge in [0.2, 0.25) is 0 Å². The Bertz CT molecular complexity index is 258. The van der Waals surface area contributed by atoms with Gasteiger partial charge in [-0.1, -0.05) is 5.21 Å². The first kappa shape index (κ1) is 12.1. The van der Waals surface area contributed by atoms with Crippen molar-refractivity contribution in [2.45, 2.75) is 32.4 Å². The van der Waals surface area contributed by atoms with Gasteiger partial charge in [0, 0.05) is 19.9 Å². The molecular weight excluding hydrogens is 192 g/mol. The predicted octanol–water partition coefficient (Wildman–Crippen LogP) is 0.683. The molecule has 0 saturated carbocycles. The highest BCUT2D eigenvalue weighted by Crippen LogP contribution is 2.10. The van der Waals surface area contributed by atoms with Crippen LogP contribution in [0.3, 0.4) is 0 Å². The minimum absolute atomic E-state index is 0.0414. The number of hydrogen-bond acceptors (Lipinski definition) is 4. The van der Waals surface area contributed by atoms with Crippen LogP contribution in [-0.4, -0.2) is 40.8 Å². The van der Waals surface area contributed by atoms with E-state index in [1.165, 1.54) is 0 Å². The molecule has 0 atom stereocenters. The van der Waals surface area contributed by atoms with Crippen molar-refractivity contribution < 1.29 is 4.74 Å². The molecule has 1 aromatic heterocycles. The molecule has 86 valence electrons. The summed E-state index contributed by atoms with van der Waals surface area (Å²) in [5.74, 6) is 0. The third-order valence-corrected chi connectivity index (χ3v) is 2.45. The number of nitrogens with one attached hydrogen (secondary N) is 1. The van der Waals surface area contributed by atoms with E-state index < -0.39 is 0 Å². The van der Waals surface area contributed by atoms with Crippen LogP contribution in [0.1, 0.15) is 20.3 Å². The molecule has 0 radical (unpaired) electrons. The molecule has 0 aliphatic rings. The van der Waals surface area contributed by atoms with Crippen molar-refractivity contribution in [2.75, 3.05) is 20.2 Å². The Morgan fingerprint density at radius 2 is 2.20 bits per heavy atom. The zero-order valence-corrected chi connectivity index (χ0v) is 9.73. The lowest BCUT2D eigenvalue weighted by Crippen LogP contribution is -2.30. The first-order chi connectivity index (χ1) is 7.14. The fourth-order valence-electron chi connectivity index (χ4n) is 1.16. The molecule has 0 saturated heterocycles.